The molecule has 0 unspecified atom stereocenters. The molecule has 3 aromatic rings. The minimum Gasteiger partial charge on any atom is -0.507 e. The Morgan fingerprint density at radius 3 is 2.48 bits per heavy atom. The van der Waals surface area contributed by atoms with E-state index < -0.39 is 0 Å². The maximum Gasteiger partial charge on any atom is 0.233 e. The number of phenolic OH excluding ortho intramolecular Hbond substituents is 1. The molecule has 2 aromatic carbocycles. The number of benzene rings is 2. The quantitative estimate of drug-likeness (QED) is 0.591. The maximum atomic E-state index is 12.5. The number of rotatable bonds is 7. The molecule has 29 heavy (non-hydrogen) atoms. The zero-order valence-electron chi connectivity index (χ0n) is 17.2. The summed E-state index contributed by atoms with van der Waals surface area (Å²) in [6.07, 6.45) is 0. The van der Waals surface area contributed by atoms with Crippen molar-refractivity contribution in [3.63, 3.8) is 0 Å². The zero-order chi connectivity index (χ0) is 21.0. The highest BCUT2D eigenvalue weighted by atomic mass is 32.2. The van der Waals surface area contributed by atoms with Crippen molar-refractivity contribution in [3.8, 4) is 22.8 Å². The first kappa shape index (κ1) is 20.9. The summed E-state index contributed by atoms with van der Waals surface area (Å²) in [4.78, 5) is 14.3. The molecule has 7 heteroatoms. The Hall–Kier alpha value is -2.80. The second-order valence-electron chi connectivity index (χ2n) is 6.80. The van der Waals surface area contributed by atoms with Crippen LogP contribution >= 0.6 is 11.8 Å². The average Bonchev–Trinajstić information content (AvgIpc) is 3.11. The summed E-state index contributed by atoms with van der Waals surface area (Å²) in [5.74, 6) is 1.04. The number of para-hydroxylation sites is 1. The van der Waals surface area contributed by atoms with Gasteiger partial charge in [0.25, 0.3) is 0 Å². The number of hydrogen-bond donors (Lipinski definition) is 1. The summed E-state index contributed by atoms with van der Waals surface area (Å²) in [6, 6.07) is 13.2. The molecule has 152 valence electrons. The van der Waals surface area contributed by atoms with Crippen LogP contribution in [0.2, 0.25) is 0 Å². The number of phenols is 1. The number of aryl methyl sites for hydroxylation is 2. The van der Waals surface area contributed by atoms with Gasteiger partial charge < -0.3 is 10.0 Å². The number of carbonyl (C=O) groups excluding carboxylic acids is 1. The molecular formula is C22H26N4O2S. The summed E-state index contributed by atoms with van der Waals surface area (Å²) >= 11 is 1.36. The van der Waals surface area contributed by atoms with Crippen LogP contribution in [-0.4, -0.2) is 49.5 Å². The molecule has 1 heterocycles. The Morgan fingerprint density at radius 2 is 1.83 bits per heavy atom. The topological polar surface area (TPSA) is 71.2 Å². The van der Waals surface area contributed by atoms with E-state index >= 15 is 0 Å². The molecule has 0 aliphatic rings. The normalized spacial score (nSPS) is 10.9. The van der Waals surface area contributed by atoms with Crippen LogP contribution in [0.15, 0.2) is 47.6 Å². The van der Waals surface area contributed by atoms with Gasteiger partial charge in [-0.3, -0.25) is 9.36 Å². The van der Waals surface area contributed by atoms with Crippen LogP contribution in [0, 0.1) is 13.8 Å². The first-order valence-corrected chi connectivity index (χ1v) is 10.7. The molecular weight excluding hydrogens is 384 g/mol. The van der Waals surface area contributed by atoms with Gasteiger partial charge in [0, 0.05) is 13.1 Å². The van der Waals surface area contributed by atoms with Crippen molar-refractivity contribution >= 4 is 17.7 Å². The summed E-state index contributed by atoms with van der Waals surface area (Å²) < 4.78 is 1.92. The van der Waals surface area contributed by atoms with Crippen LogP contribution in [0.5, 0.6) is 5.75 Å². The monoisotopic (exact) mass is 410 g/mol. The first-order chi connectivity index (χ1) is 14.0. The minimum atomic E-state index is 0.0688. The van der Waals surface area contributed by atoms with Crippen molar-refractivity contribution in [2.24, 2.45) is 0 Å². The molecule has 0 radical (unpaired) electrons. The van der Waals surface area contributed by atoms with Crippen LogP contribution < -0.4 is 0 Å². The second kappa shape index (κ2) is 9.13. The maximum absolute atomic E-state index is 12.5. The molecule has 0 saturated heterocycles. The number of aromatic nitrogens is 3. The van der Waals surface area contributed by atoms with E-state index in [2.05, 4.69) is 16.3 Å². The fraction of sp³-hybridized carbons (Fsp3) is 0.318. The Kier molecular flexibility index (Phi) is 6.59. The highest BCUT2D eigenvalue weighted by molar-refractivity contribution is 7.99. The van der Waals surface area contributed by atoms with Gasteiger partial charge in [-0.15, -0.1) is 10.2 Å². The van der Waals surface area contributed by atoms with Gasteiger partial charge >= 0.3 is 0 Å². The molecule has 0 bridgehead atoms. The molecule has 1 aromatic heterocycles. The molecule has 0 aliphatic heterocycles. The summed E-state index contributed by atoms with van der Waals surface area (Å²) in [5, 5.41) is 19.7. The lowest BCUT2D eigenvalue weighted by atomic mass is 10.1. The Bertz CT molecular complexity index is 1010. The predicted octanol–water partition coefficient (Wildman–Crippen LogP) is 4.22. The third kappa shape index (κ3) is 4.45. The van der Waals surface area contributed by atoms with E-state index in [0.29, 0.717) is 29.6 Å². The van der Waals surface area contributed by atoms with Gasteiger partial charge in [-0.2, -0.15) is 0 Å². The van der Waals surface area contributed by atoms with Crippen LogP contribution in [0.25, 0.3) is 17.1 Å². The van der Waals surface area contributed by atoms with Crippen LogP contribution in [0.3, 0.4) is 0 Å². The smallest absolute Gasteiger partial charge is 0.233 e. The van der Waals surface area contributed by atoms with E-state index in [0.717, 1.165) is 16.8 Å². The van der Waals surface area contributed by atoms with Crippen LogP contribution in [0.4, 0.5) is 0 Å². The van der Waals surface area contributed by atoms with E-state index in [-0.39, 0.29) is 17.4 Å². The number of thioether (sulfide) groups is 1. The highest BCUT2D eigenvalue weighted by Gasteiger charge is 2.21. The van der Waals surface area contributed by atoms with Crippen molar-refractivity contribution < 1.29 is 9.90 Å². The molecule has 1 N–H and O–H groups in total. The van der Waals surface area contributed by atoms with Gasteiger partial charge in [0.05, 0.1) is 17.0 Å². The molecule has 3 rings (SSSR count). The molecule has 6 nitrogen and oxygen atoms in total. The third-order valence-corrected chi connectivity index (χ3v) is 5.73. The van der Waals surface area contributed by atoms with Crippen molar-refractivity contribution in [2.45, 2.75) is 32.9 Å². The standard InChI is InChI=1S/C22H26N4O2S/c1-5-25(6-2)20(28)14-29-22-24-23-21(17-9-7-8-10-19(17)27)26(22)18-12-11-15(3)13-16(18)4/h7-13,27H,5-6,14H2,1-4H3. The van der Waals surface area contributed by atoms with E-state index in [1.807, 2.05) is 56.5 Å². The lowest BCUT2D eigenvalue weighted by Crippen LogP contribution is -2.31. The van der Waals surface area contributed by atoms with Crippen molar-refractivity contribution in [2.75, 3.05) is 18.8 Å². The Morgan fingerprint density at radius 1 is 1.10 bits per heavy atom. The highest BCUT2D eigenvalue weighted by Crippen LogP contribution is 2.33. The van der Waals surface area contributed by atoms with Gasteiger partial charge in [-0.05, 0) is 51.5 Å². The number of hydrogen-bond acceptors (Lipinski definition) is 5. The largest absolute Gasteiger partial charge is 0.507 e. The zero-order valence-corrected chi connectivity index (χ0v) is 18.0. The Balaban J connectivity index is 2.05. The molecule has 0 saturated carbocycles. The van der Waals surface area contributed by atoms with E-state index in [4.69, 9.17) is 0 Å². The third-order valence-electron chi connectivity index (χ3n) is 4.81. The average molecular weight is 411 g/mol. The molecule has 1 amide bonds. The SMILES string of the molecule is CCN(CC)C(=O)CSc1nnc(-c2ccccc2O)n1-c1ccc(C)cc1C. The van der Waals surface area contributed by atoms with E-state index in [1.165, 1.54) is 11.8 Å². The number of nitrogens with zero attached hydrogens (tertiary/aromatic N) is 4. The number of carbonyl (C=O) groups is 1. The van der Waals surface area contributed by atoms with Gasteiger partial charge in [0.15, 0.2) is 11.0 Å². The van der Waals surface area contributed by atoms with Crippen LogP contribution in [-0.2, 0) is 4.79 Å². The molecule has 0 spiro atoms. The van der Waals surface area contributed by atoms with Crippen molar-refractivity contribution in [1.82, 2.24) is 19.7 Å². The minimum absolute atomic E-state index is 0.0688. The molecule has 0 atom stereocenters. The van der Waals surface area contributed by atoms with Gasteiger partial charge in [-0.25, -0.2) is 0 Å². The van der Waals surface area contributed by atoms with E-state index in [9.17, 15) is 9.90 Å². The van der Waals surface area contributed by atoms with E-state index in [1.54, 1.807) is 17.0 Å². The van der Waals surface area contributed by atoms with Gasteiger partial charge in [-0.1, -0.05) is 41.6 Å². The Labute approximate surface area is 175 Å². The number of aromatic hydroxyl groups is 1. The first-order valence-electron chi connectivity index (χ1n) is 9.68. The van der Waals surface area contributed by atoms with Crippen LogP contribution in [0.1, 0.15) is 25.0 Å². The molecule has 0 fully saturated rings. The van der Waals surface area contributed by atoms with Crippen molar-refractivity contribution in [1.29, 1.82) is 0 Å². The summed E-state index contributed by atoms with van der Waals surface area (Å²) in [6.45, 7) is 9.39. The fourth-order valence-electron chi connectivity index (χ4n) is 3.27. The lowest BCUT2D eigenvalue weighted by molar-refractivity contribution is -0.127. The molecule has 0 aliphatic carbocycles. The summed E-state index contributed by atoms with van der Waals surface area (Å²) in [5.41, 5.74) is 3.76. The number of amides is 1. The summed E-state index contributed by atoms with van der Waals surface area (Å²) in [7, 11) is 0. The predicted molar refractivity (Wildman–Crippen MR) is 117 cm³/mol. The van der Waals surface area contributed by atoms with Crippen molar-refractivity contribution in [3.05, 3.63) is 53.6 Å². The fourth-order valence-corrected chi connectivity index (χ4v) is 4.12. The van der Waals surface area contributed by atoms with Gasteiger partial charge in [0.1, 0.15) is 5.75 Å². The second-order valence-corrected chi connectivity index (χ2v) is 7.75. The van der Waals surface area contributed by atoms with Gasteiger partial charge in [0.2, 0.25) is 5.91 Å². The lowest BCUT2D eigenvalue weighted by Gasteiger charge is -2.18.